The molecule has 2 aromatic heterocycles. The van der Waals surface area contributed by atoms with E-state index in [0.29, 0.717) is 5.56 Å². The fourth-order valence-corrected chi connectivity index (χ4v) is 4.14. The zero-order valence-corrected chi connectivity index (χ0v) is 14.4. The number of imide groups is 1. The van der Waals surface area contributed by atoms with Gasteiger partial charge in [0.05, 0.1) is 6.54 Å². The smallest absolute Gasteiger partial charge is 0.240 e. The van der Waals surface area contributed by atoms with Gasteiger partial charge in [-0.25, -0.2) is 0 Å². The van der Waals surface area contributed by atoms with E-state index in [0.717, 1.165) is 9.78 Å². The molecule has 2 aromatic rings. The number of rotatable bonds is 6. The van der Waals surface area contributed by atoms with Crippen LogP contribution in [0.4, 0.5) is 0 Å². The number of likely N-dealkylation sites (tertiary alicyclic amines) is 1. The zero-order valence-electron chi connectivity index (χ0n) is 12.7. The standard InChI is InChI=1S/C16H16N2O4S2/c19-13(8-18-14(20)3-4-15(18)21)17-10-16(22,11-5-7-23-9-11)12-2-1-6-24-12/h1-2,5-7,9,22H,3-4,8,10H2,(H,17,19). The van der Waals surface area contributed by atoms with Crippen molar-refractivity contribution in [3.8, 4) is 0 Å². The summed E-state index contributed by atoms with van der Waals surface area (Å²) >= 11 is 2.86. The normalized spacial score (nSPS) is 17.1. The Hall–Kier alpha value is -2.03. The second-order valence-corrected chi connectivity index (χ2v) is 7.23. The minimum atomic E-state index is -1.33. The largest absolute Gasteiger partial charge is 0.378 e. The summed E-state index contributed by atoms with van der Waals surface area (Å²) in [5.74, 6) is -1.13. The second kappa shape index (κ2) is 6.84. The van der Waals surface area contributed by atoms with E-state index in [4.69, 9.17) is 0 Å². The van der Waals surface area contributed by atoms with Gasteiger partial charge >= 0.3 is 0 Å². The minimum absolute atomic E-state index is 0.0285. The number of thiophene rings is 2. The van der Waals surface area contributed by atoms with E-state index >= 15 is 0 Å². The van der Waals surface area contributed by atoms with E-state index in [9.17, 15) is 19.5 Å². The Morgan fingerprint density at radius 1 is 1.25 bits per heavy atom. The van der Waals surface area contributed by atoms with Crippen molar-refractivity contribution in [2.45, 2.75) is 18.4 Å². The number of nitrogens with one attached hydrogen (secondary N) is 1. The molecule has 1 atom stereocenters. The molecule has 2 N–H and O–H groups in total. The summed E-state index contributed by atoms with van der Waals surface area (Å²) in [6.07, 6.45) is 0.306. The van der Waals surface area contributed by atoms with Crippen LogP contribution in [-0.4, -0.2) is 40.8 Å². The Balaban J connectivity index is 1.69. The Kier molecular flexibility index (Phi) is 4.79. The molecule has 3 amide bonds. The van der Waals surface area contributed by atoms with Crippen LogP contribution in [0, 0.1) is 0 Å². The molecule has 1 fully saturated rings. The maximum atomic E-state index is 12.1. The molecular formula is C16H16N2O4S2. The Morgan fingerprint density at radius 2 is 2.00 bits per heavy atom. The van der Waals surface area contributed by atoms with E-state index in [-0.39, 0.29) is 37.7 Å². The summed E-state index contributed by atoms with van der Waals surface area (Å²) in [7, 11) is 0. The van der Waals surface area contributed by atoms with Gasteiger partial charge in [-0.2, -0.15) is 11.3 Å². The lowest BCUT2D eigenvalue weighted by Crippen LogP contribution is -2.45. The SMILES string of the molecule is O=C(CN1C(=O)CCC1=O)NCC(O)(c1ccsc1)c1cccs1. The van der Waals surface area contributed by atoms with E-state index in [2.05, 4.69) is 5.32 Å². The first-order valence-corrected chi connectivity index (χ1v) is 9.22. The number of carbonyl (C=O) groups excluding carboxylic acids is 3. The third-order valence-corrected chi connectivity index (χ3v) is 5.63. The Labute approximate surface area is 146 Å². The number of amides is 3. The summed E-state index contributed by atoms with van der Waals surface area (Å²) in [5.41, 5.74) is -0.633. The van der Waals surface area contributed by atoms with Gasteiger partial charge in [0.15, 0.2) is 0 Å². The zero-order chi connectivity index (χ0) is 17.2. The fraction of sp³-hybridized carbons (Fsp3) is 0.312. The highest BCUT2D eigenvalue weighted by Crippen LogP contribution is 2.33. The summed E-state index contributed by atoms with van der Waals surface area (Å²) in [6, 6.07) is 5.45. The molecule has 1 aliphatic rings. The molecule has 0 spiro atoms. The molecule has 0 aromatic carbocycles. The molecule has 0 radical (unpaired) electrons. The highest BCUT2D eigenvalue weighted by Gasteiger charge is 2.35. The topological polar surface area (TPSA) is 86.7 Å². The molecule has 0 aliphatic carbocycles. The molecule has 24 heavy (non-hydrogen) atoms. The van der Waals surface area contributed by atoms with Crippen molar-refractivity contribution in [2.24, 2.45) is 0 Å². The molecule has 3 heterocycles. The van der Waals surface area contributed by atoms with Crippen LogP contribution >= 0.6 is 22.7 Å². The first kappa shape index (κ1) is 16.8. The quantitative estimate of drug-likeness (QED) is 0.757. The maximum Gasteiger partial charge on any atom is 0.240 e. The molecule has 8 heteroatoms. The van der Waals surface area contributed by atoms with E-state index < -0.39 is 11.5 Å². The number of nitrogens with zero attached hydrogens (tertiary/aromatic N) is 1. The maximum absolute atomic E-state index is 12.1. The first-order valence-electron chi connectivity index (χ1n) is 7.39. The Morgan fingerprint density at radius 3 is 2.58 bits per heavy atom. The number of carbonyl (C=O) groups is 3. The van der Waals surface area contributed by atoms with Crippen molar-refractivity contribution in [2.75, 3.05) is 13.1 Å². The highest BCUT2D eigenvalue weighted by molar-refractivity contribution is 7.10. The third-order valence-electron chi connectivity index (χ3n) is 3.93. The molecule has 0 saturated carbocycles. The summed E-state index contributed by atoms with van der Waals surface area (Å²) < 4.78 is 0. The molecule has 1 saturated heterocycles. The van der Waals surface area contributed by atoms with Crippen LogP contribution in [-0.2, 0) is 20.0 Å². The molecule has 3 rings (SSSR count). The fourth-order valence-electron chi connectivity index (χ4n) is 2.57. The minimum Gasteiger partial charge on any atom is -0.378 e. The van der Waals surface area contributed by atoms with Crippen molar-refractivity contribution in [3.05, 3.63) is 44.8 Å². The average Bonchev–Trinajstić information content (AvgIpc) is 3.31. The van der Waals surface area contributed by atoms with Gasteiger partial charge < -0.3 is 10.4 Å². The van der Waals surface area contributed by atoms with Gasteiger partial charge in [-0.05, 0) is 28.3 Å². The van der Waals surface area contributed by atoms with Crippen molar-refractivity contribution in [3.63, 3.8) is 0 Å². The Bertz CT molecular complexity index is 690. The van der Waals surface area contributed by atoms with Crippen molar-refractivity contribution < 1.29 is 19.5 Å². The summed E-state index contributed by atoms with van der Waals surface area (Å²) in [5, 5.41) is 19.3. The number of aliphatic hydroxyl groups is 1. The second-order valence-electron chi connectivity index (χ2n) is 5.50. The lowest BCUT2D eigenvalue weighted by Gasteiger charge is -2.27. The monoisotopic (exact) mass is 364 g/mol. The predicted molar refractivity (Wildman–Crippen MR) is 90.6 cm³/mol. The van der Waals surface area contributed by atoms with Gasteiger partial charge in [0, 0.05) is 23.3 Å². The third kappa shape index (κ3) is 3.26. The van der Waals surface area contributed by atoms with Crippen molar-refractivity contribution in [1.82, 2.24) is 10.2 Å². The van der Waals surface area contributed by atoms with Gasteiger partial charge in [-0.1, -0.05) is 6.07 Å². The highest BCUT2D eigenvalue weighted by atomic mass is 32.1. The first-order chi connectivity index (χ1) is 11.5. The molecule has 6 nitrogen and oxygen atoms in total. The van der Waals surface area contributed by atoms with Crippen molar-refractivity contribution in [1.29, 1.82) is 0 Å². The van der Waals surface area contributed by atoms with Gasteiger partial charge in [0.25, 0.3) is 0 Å². The molecule has 1 aliphatic heterocycles. The summed E-state index contributed by atoms with van der Waals surface area (Å²) in [6.45, 7) is -0.332. The van der Waals surface area contributed by atoms with Crippen LogP contribution < -0.4 is 5.32 Å². The molecule has 1 unspecified atom stereocenters. The van der Waals surface area contributed by atoms with Crippen LogP contribution in [0.1, 0.15) is 23.3 Å². The number of hydrogen-bond donors (Lipinski definition) is 2. The molecule has 0 bridgehead atoms. The van der Waals surface area contributed by atoms with E-state index in [1.165, 1.54) is 22.7 Å². The van der Waals surface area contributed by atoms with Gasteiger partial charge in [-0.15, -0.1) is 11.3 Å². The van der Waals surface area contributed by atoms with Gasteiger partial charge in [-0.3, -0.25) is 19.3 Å². The van der Waals surface area contributed by atoms with Gasteiger partial charge in [0.1, 0.15) is 12.1 Å². The van der Waals surface area contributed by atoms with Crippen LogP contribution in [0.5, 0.6) is 0 Å². The summed E-state index contributed by atoms with van der Waals surface area (Å²) in [4.78, 5) is 36.9. The molecule has 126 valence electrons. The van der Waals surface area contributed by atoms with Crippen LogP contribution in [0.15, 0.2) is 34.3 Å². The van der Waals surface area contributed by atoms with E-state index in [1.807, 2.05) is 34.3 Å². The number of hydrogen-bond acceptors (Lipinski definition) is 6. The van der Waals surface area contributed by atoms with Crippen LogP contribution in [0.2, 0.25) is 0 Å². The molecular weight excluding hydrogens is 348 g/mol. The van der Waals surface area contributed by atoms with Crippen molar-refractivity contribution >= 4 is 40.4 Å². The van der Waals surface area contributed by atoms with Crippen LogP contribution in [0.25, 0.3) is 0 Å². The average molecular weight is 364 g/mol. The lowest BCUT2D eigenvalue weighted by molar-refractivity contribution is -0.142. The lowest BCUT2D eigenvalue weighted by atomic mass is 9.94. The van der Waals surface area contributed by atoms with E-state index in [1.54, 1.807) is 0 Å². The predicted octanol–water partition coefficient (Wildman–Crippen LogP) is 1.31. The van der Waals surface area contributed by atoms with Gasteiger partial charge in [0.2, 0.25) is 17.7 Å². The van der Waals surface area contributed by atoms with Crippen LogP contribution in [0.3, 0.4) is 0 Å².